The fourth-order valence-corrected chi connectivity index (χ4v) is 3.21. The average Bonchev–Trinajstić information content (AvgIpc) is 3.02. The summed E-state index contributed by atoms with van der Waals surface area (Å²) < 4.78 is 13.2. The second-order valence-corrected chi connectivity index (χ2v) is 6.28. The number of methoxy groups -OCH3 is 1. The maximum atomic E-state index is 6.03. The maximum absolute atomic E-state index is 6.03. The van der Waals surface area contributed by atoms with Crippen molar-refractivity contribution in [2.75, 3.05) is 25.6 Å². The maximum Gasteiger partial charge on any atom is 0.221 e. The van der Waals surface area contributed by atoms with Gasteiger partial charge in [-0.2, -0.15) is 10.1 Å². The van der Waals surface area contributed by atoms with E-state index in [1.165, 1.54) is 0 Å². The topological polar surface area (TPSA) is 74.1 Å². The van der Waals surface area contributed by atoms with Crippen LogP contribution in [0.5, 0.6) is 5.88 Å². The molecule has 1 saturated heterocycles. The normalized spacial score (nSPS) is 20.8. The summed E-state index contributed by atoms with van der Waals surface area (Å²) in [4.78, 5) is 8.81. The van der Waals surface area contributed by atoms with Crippen molar-refractivity contribution in [2.24, 2.45) is 13.0 Å². The van der Waals surface area contributed by atoms with Crippen LogP contribution in [0.3, 0.4) is 0 Å². The molecule has 2 aromatic heterocycles. The molecular formula is C17H25N5O2. The molecule has 7 heteroatoms. The van der Waals surface area contributed by atoms with Crippen LogP contribution in [0.2, 0.25) is 0 Å². The van der Waals surface area contributed by atoms with E-state index < -0.39 is 0 Å². The van der Waals surface area contributed by atoms with Crippen LogP contribution in [-0.2, 0) is 11.8 Å². The Kier molecular flexibility index (Phi) is 4.99. The number of nitrogens with one attached hydrogen (secondary N) is 1. The van der Waals surface area contributed by atoms with E-state index in [0.29, 0.717) is 17.6 Å². The summed E-state index contributed by atoms with van der Waals surface area (Å²) in [5.74, 6) is 2.52. The predicted molar refractivity (Wildman–Crippen MR) is 91.2 cm³/mol. The number of hydrogen-bond acceptors (Lipinski definition) is 6. The van der Waals surface area contributed by atoms with Crippen LogP contribution in [-0.4, -0.2) is 40.0 Å². The standard InChI is InChI=1S/C17H25N5O2/c1-11-16(20-12(2)21-17(11)23-4)18-8-13-6-5-7-24-15(13)14-9-19-22(3)10-14/h9-10,13,15H,5-8H2,1-4H3,(H,18,20,21)/t13-,15+/m0/s1. The van der Waals surface area contributed by atoms with Crippen LogP contribution >= 0.6 is 0 Å². The van der Waals surface area contributed by atoms with Gasteiger partial charge in [0.25, 0.3) is 0 Å². The zero-order valence-electron chi connectivity index (χ0n) is 14.7. The van der Waals surface area contributed by atoms with E-state index >= 15 is 0 Å². The summed E-state index contributed by atoms with van der Waals surface area (Å²) in [5, 5.41) is 7.74. The minimum absolute atomic E-state index is 0.0742. The van der Waals surface area contributed by atoms with Crippen LogP contribution < -0.4 is 10.1 Å². The van der Waals surface area contributed by atoms with E-state index in [1.54, 1.807) is 7.11 Å². The summed E-state index contributed by atoms with van der Waals surface area (Å²) in [5.41, 5.74) is 2.06. The Morgan fingerprint density at radius 2 is 2.21 bits per heavy atom. The van der Waals surface area contributed by atoms with Gasteiger partial charge in [-0.05, 0) is 26.7 Å². The first-order valence-electron chi connectivity index (χ1n) is 8.31. The molecule has 3 rings (SSSR count). The molecule has 0 amide bonds. The highest BCUT2D eigenvalue weighted by atomic mass is 16.5. The van der Waals surface area contributed by atoms with E-state index in [1.807, 2.05) is 38.0 Å². The van der Waals surface area contributed by atoms with E-state index in [-0.39, 0.29) is 6.10 Å². The lowest BCUT2D eigenvalue weighted by atomic mass is 9.91. The zero-order valence-corrected chi connectivity index (χ0v) is 14.7. The highest BCUT2D eigenvalue weighted by Crippen LogP contribution is 2.34. The summed E-state index contributed by atoms with van der Waals surface area (Å²) >= 11 is 0. The Labute approximate surface area is 142 Å². The van der Waals surface area contributed by atoms with Crippen LogP contribution in [0.1, 0.15) is 35.9 Å². The van der Waals surface area contributed by atoms with Gasteiger partial charge in [-0.15, -0.1) is 0 Å². The molecule has 0 radical (unpaired) electrons. The van der Waals surface area contributed by atoms with Crippen molar-refractivity contribution in [2.45, 2.75) is 32.8 Å². The van der Waals surface area contributed by atoms with Crippen LogP contribution in [0.15, 0.2) is 12.4 Å². The molecule has 3 heterocycles. The second-order valence-electron chi connectivity index (χ2n) is 6.28. The molecule has 1 aliphatic heterocycles. The molecule has 0 aromatic carbocycles. The number of nitrogens with zero attached hydrogens (tertiary/aromatic N) is 4. The van der Waals surface area contributed by atoms with Crippen molar-refractivity contribution < 1.29 is 9.47 Å². The Bertz CT molecular complexity index is 700. The van der Waals surface area contributed by atoms with E-state index in [0.717, 1.165) is 42.9 Å². The van der Waals surface area contributed by atoms with Gasteiger partial charge in [0.05, 0.1) is 25.0 Å². The molecule has 130 valence electrons. The molecule has 1 fully saturated rings. The third kappa shape index (κ3) is 3.51. The Morgan fingerprint density at radius 3 is 2.92 bits per heavy atom. The van der Waals surface area contributed by atoms with Gasteiger partial charge in [0.2, 0.25) is 5.88 Å². The molecule has 0 bridgehead atoms. The van der Waals surface area contributed by atoms with Gasteiger partial charge in [0.1, 0.15) is 11.6 Å². The van der Waals surface area contributed by atoms with Crippen LogP contribution in [0.4, 0.5) is 5.82 Å². The molecule has 0 aliphatic carbocycles. The monoisotopic (exact) mass is 331 g/mol. The molecular weight excluding hydrogens is 306 g/mol. The third-order valence-electron chi connectivity index (χ3n) is 4.44. The summed E-state index contributed by atoms with van der Waals surface area (Å²) in [6.07, 6.45) is 6.20. The molecule has 1 N–H and O–H groups in total. The number of aromatic nitrogens is 4. The summed E-state index contributed by atoms with van der Waals surface area (Å²) in [6.45, 7) is 5.43. The lowest BCUT2D eigenvalue weighted by Gasteiger charge is -2.31. The predicted octanol–water partition coefficient (Wildman–Crippen LogP) is 2.42. The molecule has 1 aliphatic rings. The van der Waals surface area contributed by atoms with Gasteiger partial charge in [-0.1, -0.05) is 0 Å². The molecule has 0 spiro atoms. The second kappa shape index (κ2) is 7.17. The number of aryl methyl sites for hydroxylation is 2. The quantitative estimate of drug-likeness (QED) is 0.907. The van der Waals surface area contributed by atoms with Crippen molar-refractivity contribution in [3.8, 4) is 5.88 Å². The van der Waals surface area contributed by atoms with Gasteiger partial charge in [0.15, 0.2) is 0 Å². The number of anilines is 1. The van der Waals surface area contributed by atoms with Crippen LogP contribution in [0.25, 0.3) is 0 Å². The van der Waals surface area contributed by atoms with Gasteiger partial charge < -0.3 is 14.8 Å². The van der Waals surface area contributed by atoms with Gasteiger partial charge >= 0.3 is 0 Å². The Morgan fingerprint density at radius 1 is 1.38 bits per heavy atom. The van der Waals surface area contributed by atoms with E-state index in [9.17, 15) is 0 Å². The van der Waals surface area contributed by atoms with Gasteiger partial charge in [0, 0.05) is 37.9 Å². The molecule has 2 aromatic rings. The summed E-state index contributed by atoms with van der Waals surface area (Å²) in [7, 11) is 3.56. The minimum Gasteiger partial charge on any atom is -0.481 e. The Hall–Kier alpha value is -2.15. The number of ether oxygens (including phenoxy) is 2. The van der Waals surface area contributed by atoms with Crippen molar-refractivity contribution in [1.29, 1.82) is 0 Å². The van der Waals surface area contributed by atoms with E-state index in [4.69, 9.17) is 9.47 Å². The first-order valence-corrected chi connectivity index (χ1v) is 8.31. The van der Waals surface area contributed by atoms with Crippen molar-refractivity contribution >= 4 is 5.82 Å². The fraction of sp³-hybridized carbons (Fsp3) is 0.588. The Balaban J connectivity index is 1.74. The van der Waals surface area contributed by atoms with Gasteiger partial charge in [-0.25, -0.2) is 4.98 Å². The lowest BCUT2D eigenvalue weighted by Crippen LogP contribution is -2.28. The van der Waals surface area contributed by atoms with Crippen molar-refractivity contribution in [1.82, 2.24) is 19.7 Å². The number of hydrogen-bond donors (Lipinski definition) is 1. The first kappa shape index (κ1) is 16.7. The summed E-state index contributed by atoms with van der Waals surface area (Å²) in [6, 6.07) is 0. The SMILES string of the molecule is COc1nc(C)nc(NC[C@@H]2CCCO[C@H]2c2cnn(C)c2)c1C. The zero-order chi connectivity index (χ0) is 17.1. The van der Waals surface area contributed by atoms with Crippen molar-refractivity contribution in [3.63, 3.8) is 0 Å². The molecule has 0 saturated carbocycles. The highest BCUT2D eigenvalue weighted by Gasteiger charge is 2.28. The first-order chi connectivity index (χ1) is 11.6. The molecule has 7 nitrogen and oxygen atoms in total. The van der Waals surface area contributed by atoms with E-state index in [2.05, 4.69) is 20.4 Å². The molecule has 0 unspecified atom stereocenters. The minimum atomic E-state index is 0.0742. The smallest absolute Gasteiger partial charge is 0.221 e. The molecule has 24 heavy (non-hydrogen) atoms. The van der Waals surface area contributed by atoms with Crippen molar-refractivity contribution in [3.05, 3.63) is 29.3 Å². The average molecular weight is 331 g/mol. The fourth-order valence-electron chi connectivity index (χ4n) is 3.21. The highest BCUT2D eigenvalue weighted by molar-refractivity contribution is 5.48. The van der Waals surface area contributed by atoms with Gasteiger partial charge in [-0.3, -0.25) is 4.68 Å². The number of rotatable bonds is 5. The van der Waals surface area contributed by atoms with Crippen LogP contribution in [0, 0.1) is 19.8 Å². The lowest BCUT2D eigenvalue weighted by molar-refractivity contribution is -0.0239. The third-order valence-corrected chi connectivity index (χ3v) is 4.44. The molecule has 2 atom stereocenters. The largest absolute Gasteiger partial charge is 0.481 e.